The minimum absolute atomic E-state index is 0.0337. The number of aliphatic imine (C=N–C) groups is 1. The van der Waals surface area contributed by atoms with Crippen molar-refractivity contribution in [1.29, 1.82) is 0 Å². The van der Waals surface area contributed by atoms with Crippen molar-refractivity contribution in [2.24, 2.45) is 4.99 Å². The lowest BCUT2D eigenvalue weighted by atomic mass is 9.78. The number of Topliss-reactive ketones (excluding diaryl/α,β-unsaturated/α-hetero) is 2. The summed E-state index contributed by atoms with van der Waals surface area (Å²) in [4.78, 5) is 30.0. The van der Waals surface area contributed by atoms with Crippen LogP contribution >= 0.6 is 0 Å². The van der Waals surface area contributed by atoms with Crippen molar-refractivity contribution in [3.05, 3.63) is 64.2 Å². The summed E-state index contributed by atoms with van der Waals surface area (Å²) in [7, 11) is 0. The molecule has 1 fully saturated rings. The molecule has 1 aromatic carbocycles. The number of ketones is 2. The molecule has 1 saturated carbocycles. The molecular formula is C25H28N2O4. The van der Waals surface area contributed by atoms with Crippen LogP contribution in [0.1, 0.15) is 78.7 Å². The number of aryl methyl sites for hydroxylation is 2. The van der Waals surface area contributed by atoms with Gasteiger partial charge >= 0.3 is 0 Å². The second-order valence-electron chi connectivity index (χ2n) is 8.29. The summed E-state index contributed by atoms with van der Waals surface area (Å²) in [6, 6.07) is 9.99. The van der Waals surface area contributed by atoms with Crippen molar-refractivity contribution in [2.75, 3.05) is 6.54 Å². The Hall–Kier alpha value is -3.02. The molecule has 2 aliphatic rings. The van der Waals surface area contributed by atoms with E-state index in [0.717, 1.165) is 18.4 Å². The summed E-state index contributed by atoms with van der Waals surface area (Å²) in [6.07, 6.45) is 4.44. The van der Waals surface area contributed by atoms with Gasteiger partial charge in [0, 0.05) is 44.4 Å². The first-order valence-corrected chi connectivity index (χ1v) is 11.1. The zero-order valence-electron chi connectivity index (χ0n) is 17.9. The highest BCUT2D eigenvalue weighted by atomic mass is 16.5. The van der Waals surface area contributed by atoms with Gasteiger partial charge in [-0.2, -0.15) is 0 Å². The maximum atomic E-state index is 13.1. The van der Waals surface area contributed by atoms with Crippen molar-refractivity contribution in [2.45, 2.75) is 64.2 Å². The van der Waals surface area contributed by atoms with Crippen molar-refractivity contribution in [3.63, 3.8) is 0 Å². The van der Waals surface area contributed by atoms with Gasteiger partial charge in [-0.05, 0) is 30.7 Å². The number of aromatic nitrogens is 1. The summed E-state index contributed by atoms with van der Waals surface area (Å²) >= 11 is 0. The number of benzene rings is 1. The lowest BCUT2D eigenvalue weighted by Gasteiger charge is -2.26. The van der Waals surface area contributed by atoms with E-state index in [0.29, 0.717) is 67.0 Å². The number of carbonyl (C=O) groups excluding carboxylic acids is 2. The van der Waals surface area contributed by atoms with Crippen LogP contribution in [0.2, 0.25) is 0 Å². The summed E-state index contributed by atoms with van der Waals surface area (Å²) in [5, 5.41) is 14.9. The van der Waals surface area contributed by atoms with Gasteiger partial charge in [0.2, 0.25) is 0 Å². The highest BCUT2D eigenvalue weighted by Crippen LogP contribution is 2.34. The Labute approximate surface area is 182 Å². The third kappa shape index (κ3) is 4.53. The minimum Gasteiger partial charge on any atom is -0.511 e. The Kier molecular flexibility index (Phi) is 6.44. The Morgan fingerprint density at radius 1 is 1.16 bits per heavy atom. The fourth-order valence-corrected chi connectivity index (χ4v) is 4.49. The average molecular weight is 421 g/mol. The molecule has 1 N–H and O–H groups in total. The topological polar surface area (TPSA) is 92.8 Å². The predicted octanol–water partition coefficient (Wildman–Crippen LogP) is 4.94. The fourth-order valence-electron chi connectivity index (χ4n) is 4.49. The number of fused-ring (bicyclic) bond motifs is 1. The van der Waals surface area contributed by atoms with Crippen LogP contribution in [-0.2, 0) is 17.6 Å². The molecule has 1 atom stereocenters. The monoisotopic (exact) mass is 420 g/mol. The minimum atomic E-state index is -0.0780. The number of hydrogen-bond donors (Lipinski definition) is 1. The molecule has 1 aromatic heterocycles. The molecule has 162 valence electrons. The molecule has 31 heavy (non-hydrogen) atoms. The molecule has 0 amide bonds. The lowest BCUT2D eigenvalue weighted by molar-refractivity contribution is -0.116. The predicted molar refractivity (Wildman–Crippen MR) is 118 cm³/mol. The first kappa shape index (κ1) is 21.2. The van der Waals surface area contributed by atoms with Crippen LogP contribution in [0.3, 0.4) is 0 Å². The molecule has 1 heterocycles. The first-order valence-electron chi connectivity index (χ1n) is 11.1. The van der Waals surface area contributed by atoms with Crippen LogP contribution in [-0.4, -0.2) is 34.1 Å². The average Bonchev–Trinajstić information content (AvgIpc) is 3.20. The zero-order valence-corrected chi connectivity index (χ0v) is 17.9. The zero-order chi connectivity index (χ0) is 21.8. The second-order valence-corrected chi connectivity index (χ2v) is 8.29. The third-order valence-corrected chi connectivity index (χ3v) is 6.04. The Balaban J connectivity index is 1.56. The van der Waals surface area contributed by atoms with Crippen molar-refractivity contribution >= 4 is 17.3 Å². The summed E-state index contributed by atoms with van der Waals surface area (Å²) in [6.45, 7) is 2.66. The summed E-state index contributed by atoms with van der Waals surface area (Å²) < 4.78 is 5.33. The Morgan fingerprint density at radius 3 is 2.74 bits per heavy atom. The highest BCUT2D eigenvalue weighted by molar-refractivity contribution is 6.24. The van der Waals surface area contributed by atoms with E-state index in [-0.39, 0.29) is 29.7 Å². The molecule has 6 nitrogen and oxygen atoms in total. The quantitative estimate of drug-likeness (QED) is 0.528. The van der Waals surface area contributed by atoms with E-state index in [9.17, 15) is 14.7 Å². The van der Waals surface area contributed by atoms with Gasteiger partial charge in [0.25, 0.3) is 0 Å². The number of nitrogens with zero attached hydrogens (tertiary/aromatic N) is 2. The van der Waals surface area contributed by atoms with Gasteiger partial charge in [0.15, 0.2) is 11.6 Å². The number of hydrogen-bond acceptors (Lipinski definition) is 6. The maximum Gasteiger partial charge on any atom is 0.168 e. The summed E-state index contributed by atoms with van der Waals surface area (Å²) in [5.41, 5.74) is 3.30. The molecule has 0 aliphatic heterocycles. The molecule has 0 spiro atoms. The van der Waals surface area contributed by atoms with Crippen LogP contribution < -0.4 is 0 Å². The van der Waals surface area contributed by atoms with E-state index in [1.54, 1.807) is 0 Å². The molecule has 0 saturated heterocycles. The molecule has 0 bridgehead atoms. The maximum absolute atomic E-state index is 13.1. The van der Waals surface area contributed by atoms with Crippen LogP contribution in [0.15, 0.2) is 51.2 Å². The van der Waals surface area contributed by atoms with Crippen LogP contribution in [0.4, 0.5) is 0 Å². The van der Waals surface area contributed by atoms with E-state index in [1.807, 2.05) is 37.3 Å². The van der Waals surface area contributed by atoms with E-state index in [2.05, 4.69) is 10.1 Å². The van der Waals surface area contributed by atoms with Gasteiger partial charge in [-0.3, -0.25) is 14.6 Å². The molecule has 6 heteroatoms. The molecule has 4 rings (SSSR count). The lowest BCUT2D eigenvalue weighted by Crippen LogP contribution is -2.27. The van der Waals surface area contributed by atoms with Crippen LogP contribution in [0.25, 0.3) is 0 Å². The van der Waals surface area contributed by atoms with Gasteiger partial charge in [-0.1, -0.05) is 42.4 Å². The van der Waals surface area contributed by atoms with E-state index < -0.39 is 0 Å². The largest absolute Gasteiger partial charge is 0.511 e. The third-order valence-electron chi connectivity index (χ3n) is 6.04. The number of aliphatic hydroxyl groups is 1. The van der Waals surface area contributed by atoms with Gasteiger partial charge < -0.3 is 9.63 Å². The Morgan fingerprint density at radius 2 is 1.97 bits per heavy atom. The first-order chi connectivity index (χ1) is 15.1. The molecule has 1 unspecified atom stereocenters. The normalized spacial score (nSPS) is 22.0. The highest BCUT2D eigenvalue weighted by Gasteiger charge is 2.32. The van der Waals surface area contributed by atoms with Crippen LogP contribution in [0, 0.1) is 0 Å². The smallest absolute Gasteiger partial charge is 0.168 e. The van der Waals surface area contributed by atoms with E-state index in [1.165, 1.54) is 0 Å². The van der Waals surface area contributed by atoms with Gasteiger partial charge in [-0.25, -0.2) is 0 Å². The van der Waals surface area contributed by atoms with Crippen molar-refractivity contribution in [3.8, 4) is 0 Å². The number of rotatable bonds is 6. The molecule has 0 radical (unpaired) electrons. The SMILES string of the molecule is CCCN=C1CC(c2ccccc2)CC(=O)/C1=C(/O)CCc1noc2c1C(=O)CCC2. The summed E-state index contributed by atoms with van der Waals surface area (Å²) in [5.74, 6) is 0.718. The second kappa shape index (κ2) is 9.41. The van der Waals surface area contributed by atoms with Gasteiger partial charge in [0.1, 0.15) is 11.5 Å². The number of allylic oxidation sites excluding steroid dienone is 2. The standard InChI is InChI=1S/C25H28N2O4/c1-2-13-26-19-14-17(16-7-4-3-5-8-16)15-22(30)24(19)21(29)12-11-18-25-20(28)9-6-10-23(25)31-27-18/h3-5,7-8,17,29H,2,6,9-15H2,1H3/b24-21+,26-19?. The fraction of sp³-hybridized carbons (Fsp3) is 0.440. The van der Waals surface area contributed by atoms with Crippen molar-refractivity contribution < 1.29 is 19.2 Å². The van der Waals surface area contributed by atoms with Gasteiger partial charge in [-0.15, -0.1) is 0 Å². The number of aliphatic hydroxyl groups excluding tert-OH is 1. The molecular weight excluding hydrogens is 392 g/mol. The van der Waals surface area contributed by atoms with Crippen molar-refractivity contribution in [1.82, 2.24) is 5.16 Å². The van der Waals surface area contributed by atoms with Gasteiger partial charge in [0.05, 0.1) is 16.8 Å². The number of carbonyl (C=O) groups is 2. The molecule has 2 aromatic rings. The van der Waals surface area contributed by atoms with Crippen LogP contribution in [0.5, 0.6) is 0 Å². The molecule has 2 aliphatic carbocycles. The Bertz CT molecular complexity index is 1030. The van der Waals surface area contributed by atoms with E-state index >= 15 is 0 Å². The van der Waals surface area contributed by atoms with E-state index in [4.69, 9.17) is 4.52 Å².